The number of halogens is 1. The van der Waals surface area contributed by atoms with E-state index in [4.69, 9.17) is 5.73 Å². The fourth-order valence-electron chi connectivity index (χ4n) is 1.33. The van der Waals surface area contributed by atoms with Gasteiger partial charge in [0.2, 0.25) is 0 Å². The minimum absolute atomic E-state index is 0.481. The van der Waals surface area contributed by atoms with E-state index in [2.05, 4.69) is 31.5 Å². The quantitative estimate of drug-likeness (QED) is 0.756. The monoisotopic (exact) mass is 314 g/mol. The second-order valence-electron chi connectivity index (χ2n) is 3.35. The molecule has 0 spiro atoms. The first-order valence-electron chi connectivity index (χ1n) is 4.98. The summed E-state index contributed by atoms with van der Waals surface area (Å²) in [6.45, 7) is 1.08. The van der Waals surface area contributed by atoms with Crippen LogP contribution in [0.1, 0.15) is 0 Å². The van der Waals surface area contributed by atoms with Gasteiger partial charge in [-0.1, -0.05) is 27.3 Å². The van der Waals surface area contributed by atoms with E-state index in [0.717, 1.165) is 19.8 Å². The molecule has 0 aliphatic rings. The van der Waals surface area contributed by atoms with Gasteiger partial charge in [0, 0.05) is 17.6 Å². The summed E-state index contributed by atoms with van der Waals surface area (Å²) in [6, 6.07) is 5.43. The van der Waals surface area contributed by atoms with Crippen molar-refractivity contribution >= 4 is 48.6 Å². The second kappa shape index (κ2) is 5.33. The Balaban J connectivity index is 1.97. The Bertz CT molecular complexity index is 542. The van der Waals surface area contributed by atoms with E-state index in [9.17, 15) is 4.79 Å². The highest BCUT2D eigenvalue weighted by Gasteiger charge is 2.03. The number of rotatable bonds is 4. The molecular formula is C10H11BrN4OS. The maximum Gasteiger partial charge on any atom is 0.312 e. The van der Waals surface area contributed by atoms with Crippen LogP contribution < -0.4 is 16.4 Å². The Morgan fingerprint density at radius 3 is 3.06 bits per heavy atom. The van der Waals surface area contributed by atoms with Gasteiger partial charge in [-0.15, -0.1) is 0 Å². The van der Waals surface area contributed by atoms with Gasteiger partial charge < -0.3 is 16.4 Å². The van der Waals surface area contributed by atoms with Crippen molar-refractivity contribution in [2.45, 2.75) is 0 Å². The summed E-state index contributed by atoms with van der Waals surface area (Å²) in [7, 11) is 0. The average molecular weight is 315 g/mol. The van der Waals surface area contributed by atoms with Crippen molar-refractivity contribution < 1.29 is 4.79 Å². The highest BCUT2D eigenvalue weighted by Crippen LogP contribution is 2.28. The summed E-state index contributed by atoms with van der Waals surface area (Å²) >= 11 is 4.99. The molecule has 0 aliphatic carbocycles. The fourth-order valence-corrected chi connectivity index (χ4v) is 2.77. The first kappa shape index (κ1) is 12.1. The van der Waals surface area contributed by atoms with Gasteiger partial charge >= 0.3 is 6.03 Å². The summed E-state index contributed by atoms with van der Waals surface area (Å²) in [5.41, 5.74) is 5.92. The fraction of sp³-hybridized carbons (Fsp3) is 0.200. The zero-order valence-electron chi connectivity index (χ0n) is 8.87. The average Bonchev–Trinajstić information content (AvgIpc) is 2.66. The first-order chi connectivity index (χ1) is 8.15. The standard InChI is InChI=1S/C10H11BrN4OS/c11-6-1-2-7-8(5-6)17-10(15-7)14-4-3-13-9(12)16/h1-2,5H,3-4H2,(H,14,15)(H3,12,13,16). The van der Waals surface area contributed by atoms with E-state index in [1.54, 1.807) is 11.3 Å². The van der Waals surface area contributed by atoms with Gasteiger partial charge in [0.25, 0.3) is 0 Å². The Hall–Kier alpha value is -1.34. The molecule has 1 aromatic heterocycles. The number of carbonyl (C=O) groups is 1. The van der Waals surface area contributed by atoms with E-state index in [-0.39, 0.29) is 0 Å². The Kier molecular flexibility index (Phi) is 3.80. The number of aromatic nitrogens is 1. The number of carbonyl (C=O) groups excluding carboxylic acids is 1. The van der Waals surface area contributed by atoms with Gasteiger partial charge in [0.1, 0.15) is 0 Å². The maximum absolute atomic E-state index is 10.5. The largest absolute Gasteiger partial charge is 0.360 e. The summed E-state index contributed by atoms with van der Waals surface area (Å²) in [6.07, 6.45) is 0. The van der Waals surface area contributed by atoms with Crippen molar-refractivity contribution in [3.05, 3.63) is 22.7 Å². The Labute approximate surface area is 111 Å². The lowest BCUT2D eigenvalue weighted by Crippen LogP contribution is -2.33. The van der Waals surface area contributed by atoms with Crippen LogP contribution in [0.15, 0.2) is 22.7 Å². The number of urea groups is 1. The molecule has 0 saturated heterocycles. The van der Waals surface area contributed by atoms with Crippen LogP contribution in [-0.2, 0) is 0 Å². The molecule has 7 heteroatoms. The van der Waals surface area contributed by atoms with Crippen LogP contribution in [0.25, 0.3) is 10.2 Å². The van der Waals surface area contributed by atoms with E-state index in [1.165, 1.54) is 0 Å². The molecule has 0 bridgehead atoms. The number of hydrogen-bond donors (Lipinski definition) is 3. The van der Waals surface area contributed by atoms with Crippen LogP contribution in [0, 0.1) is 0 Å². The summed E-state index contributed by atoms with van der Waals surface area (Å²) in [4.78, 5) is 14.9. The van der Waals surface area contributed by atoms with Crippen LogP contribution in [0.5, 0.6) is 0 Å². The third kappa shape index (κ3) is 3.31. The van der Waals surface area contributed by atoms with Crippen LogP contribution in [0.3, 0.4) is 0 Å². The molecule has 0 radical (unpaired) electrons. The molecule has 0 saturated carbocycles. The highest BCUT2D eigenvalue weighted by molar-refractivity contribution is 9.10. The molecule has 2 aromatic rings. The molecule has 0 aliphatic heterocycles. The minimum atomic E-state index is -0.514. The predicted molar refractivity (Wildman–Crippen MR) is 73.4 cm³/mol. The van der Waals surface area contributed by atoms with Gasteiger partial charge in [-0.25, -0.2) is 9.78 Å². The van der Waals surface area contributed by atoms with Crippen molar-refractivity contribution in [1.82, 2.24) is 10.3 Å². The molecule has 90 valence electrons. The number of hydrogen-bond acceptors (Lipinski definition) is 4. The van der Waals surface area contributed by atoms with Gasteiger partial charge in [0.15, 0.2) is 5.13 Å². The lowest BCUT2D eigenvalue weighted by atomic mass is 10.3. The Morgan fingerprint density at radius 2 is 2.29 bits per heavy atom. The van der Waals surface area contributed by atoms with Crippen molar-refractivity contribution in [3.63, 3.8) is 0 Å². The minimum Gasteiger partial charge on any atom is -0.360 e. The molecule has 2 rings (SSSR count). The molecule has 1 heterocycles. The number of nitrogens with two attached hydrogens (primary N) is 1. The third-order valence-corrected chi connectivity index (χ3v) is 3.52. The van der Waals surface area contributed by atoms with Crippen LogP contribution in [-0.4, -0.2) is 24.1 Å². The van der Waals surface area contributed by atoms with E-state index < -0.39 is 6.03 Å². The molecule has 1 aromatic carbocycles. The van der Waals surface area contributed by atoms with Crippen LogP contribution in [0.2, 0.25) is 0 Å². The van der Waals surface area contributed by atoms with E-state index in [1.807, 2.05) is 18.2 Å². The first-order valence-corrected chi connectivity index (χ1v) is 6.59. The van der Waals surface area contributed by atoms with Crippen molar-refractivity contribution in [1.29, 1.82) is 0 Å². The van der Waals surface area contributed by atoms with Gasteiger partial charge in [-0.2, -0.15) is 0 Å². The van der Waals surface area contributed by atoms with Crippen LogP contribution in [0.4, 0.5) is 9.93 Å². The maximum atomic E-state index is 10.5. The van der Waals surface area contributed by atoms with Gasteiger partial charge in [-0.05, 0) is 18.2 Å². The summed E-state index contributed by atoms with van der Waals surface area (Å²) in [5, 5.41) is 6.47. The SMILES string of the molecule is NC(=O)NCCNc1nc2ccc(Br)cc2s1. The van der Waals surface area contributed by atoms with Crippen LogP contribution >= 0.6 is 27.3 Å². The summed E-state index contributed by atoms with van der Waals surface area (Å²) < 4.78 is 2.15. The van der Waals surface area contributed by atoms with E-state index in [0.29, 0.717) is 13.1 Å². The molecular weight excluding hydrogens is 304 g/mol. The highest BCUT2D eigenvalue weighted by atomic mass is 79.9. The number of amides is 2. The zero-order chi connectivity index (χ0) is 12.3. The number of benzene rings is 1. The molecule has 0 unspecified atom stereocenters. The number of nitrogens with zero attached hydrogens (tertiary/aromatic N) is 1. The number of anilines is 1. The number of thiazole rings is 1. The van der Waals surface area contributed by atoms with Gasteiger partial charge in [-0.3, -0.25) is 0 Å². The summed E-state index contributed by atoms with van der Waals surface area (Å²) in [5.74, 6) is 0. The number of nitrogens with one attached hydrogen (secondary N) is 2. The number of primary amides is 1. The second-order valence-corrected chi connectivity index (χ2v) is 5.30. The molecule has 5 nitrogen and oxygen atoms in total. The Morgan fingerprint density at radius 1 is 1.47 bits per heavy atom. The molecule has 17 heavy (non-hydrogen) atoms. The lowest BCUT2D eigenvalue weighted by molar-refractivity contribution is 0.249. The lowest BCUT2D eigenvalue weighted by Gasteiger charge is -2.01. The third-order valence-electron chi connectivity index (χ3n) is 2.05. The van der Waals surface area contributed by atoms with Crippen molar-refractivity contribution in [2.75, 3.05) is 18.4 Å². The number of fused-ring (bicyclic) bond motifs is 1. The van der Waals surface area contributed by atoms with E-state index >= 15 is 0 Å². The molecule has 0 atom stereocenters. The zero-order valence-corrected chi connectivity index (χ0v) is 11.3. The molecule has 4 N–H and O–H groups in total. The van der Waals surface area contributed by atoms with Crippen molar-refractivity contribution in [2.24, 2.45) is 5.73 Å². The smallest absolute Gasteiger partial charge is 0.312 e. The van der Waals surface area contributed by atoms with Gasteiger partial charge in [0.05, 0.1) is 10.2 Å². The predicted octanol–water partition coefficient (Wildman–Crippen LogP) is 2.14. The molecule has 0 fully saturated rings. The molecule has 2 amide bonds. The normalized spacial score (nSPS) is 10.4. The van der Waals surface area contributed by atoms with Crippen molar-refractivity contribution in [3.8, 4) is 0 Å². The topological polar surface area (TPSA) is 80.0 Å².